The van der Waals surface area contributed by atoms with Gasteiger partial charge in [0.15, 0.2) is 0 Å². The molecule has 0 bridgehead atoms. The van der Waals surface area contributed by atoms with E-state index in [9.17, 15) is 13.2 Å². The van der Waals surface area contributed by atoms with Gasteiger partial charge in [-0.05, 0) is 36.7 Å². The molecule has 0 aromatic heterocycles. The second-order valence-electron chi connectivity index (χ2n) is 3.81. The third-order valence-electron chi connectivity index (χ3n) is 2.19. The first-order valence-electron chi connectivity index (χ1n) is 5.68. The van der Waals surface area contributed by atoms with Crippen LogP contribution in [0.25, 0.3) is 0 Å². The highest BCUT2D eigenvalue weighted by Gasteiger charge is 2.27. The van der Waals surface area contributed by atoms with E-state index < -0.39 is 12.8 Å². The third-order valence-corrected chi connectivity index (χ3v) is 2.68. The first-order chi connectivity index (χ1) is 8.92. The lowest BCUT2D eigenvalue weighted by Crippen LogP contribution is -2.19. The van der Waals surface area contributed by atoms with Gasteiger partial charge in [0.25, 0.3) is 0 Å². The Morgan fingerprint density at radius 3 is 2.58 bits per heavy atom. The van der Waals surface area contributed by atoms with Crippen molar-refractivity contribution in [1.29, 1.82) is 0 Å². The predicted octanol–water partition coefficient (Wildman–Crippen LogP) is 2.91. The SMILES string of the molecule is NCCc1cc(Br)ccc1OCCOCC(F)(F)F. The predicted molar refractivity (Wildman–Crippen MR) is 69.3 cm³/mol. The molecule has 0 amide bonds. The van der Waals surface area contributed by atoms with Crippen molar-refractivity contribution in [3.05, 3.63) is 28.2 Å². The molecule has 0 unspecified atom stereocenters. The number of halogens is 4. The fourth-order valence-corrected chi connectivity index (χ4v) is 1.85. The molecule has 0 fully saturated rings. The summed E-state index contributed by atoms with van der Waals surface area (Å²) in [4.78, 5) is 0. The molecule has 0 aliphatic rings. The Bertz CT molecular complexity index is 399. The molecule has 0 radical (unpaired) electrons. The molecule has 108 valence electrons. The Morgan fingerprint density at radius 1 is 1.21 bits per heavy atom. The lowest BCUT2D eigenvalue weighted by molar-refractivity contribution is -0.175. The second-order valence-corrected chi connectivity index (χ2v) is 4.72. The number of nitrogens with two attached hydrogens (primary N) is 1. The van der Waals surface area contributed by atoms with Crippen LogP contribution in [0.2, 0.25) is 0 Å². The van der Waals surface area contributed by atoms with Crippen molar-refractivity contribution in [2.45, 2.75) is 12.6 Å². The van der Waals surface area contributed by atoms with E-state index in [1.807, 2.05) is 6.07 Å². The zero-order chi connectivity index (χ0) is 14.3. The smallest absolute Gasteiger partial charge is 0.411 e. The maximum atomic E-state index is 11.8. The van der Waals surface area contributed by atoms with Gasteiger partial charge in [-0.1, -0.05) is 15.9 Å². The van der Waals surface area contributed by atoms with E-state index in [2.05, 4.69) is 20.7 Å². The third kappa shape index (κ3) is 6.79. The zero-order valence-electron chi connectivity index (χ0n) is 10.2. The van der Waals surface area contributed by atoms with Crippen LogP contribution in [0, 0.1) is 0 Å². The Kier molecular flexibility index (Phi) is 6.60. The second kappa shape index (κ2) is 7.72. The fraction of sp³-hybridized carbons (Fsp3) is 0.500. The summed E-state index contributed by atoms with van der Waals surface area (Å²) in [6.07, 6.45) is -3.67. The quantitative estimate of drug-likeness (QED) is 0.775. The molecule has 0 aliphatic heterocycles. The van der Waals surface area contributed by atoms with Gasteiger partial charge in [-0.15, -0.1) is 0 Å². The van der Waals surface area contributed by atoms with Crippen LogP contribution in [0.4, 0.5) is 13.2 Å². The monoisotopic (exact) mass is 341 g/mol. The van der Waals surface area contributed by atoms with Gasteiger partial charge in [0, 0.05) is 4.47 Å². The standard InChI is InChI=1S/C12H15BrF3NO2/c13-10-1-2-11(9(7-10)3-4-17)19-6-5-18-8-12(14,15)16/h1-2,7H,3-6,8,17H2. The van der Waals surface area contributed by atoms with Gasteiger partial charge in [0.1, 0.15) is 19.0 Å². The number of ether oxygens (including phenoxy) is 2. The molecule has 0 saturated carbocycles. The summed E-state index contributed by atoms with van der Waals surface area (Å²) < 4.78 is 46.2. The summed E-state index contributed by atoms with van der Waals surface area (Å²) >= 11 is 3.34. The van der Waals surface area contributed by atoms with E-state index in [4.69, 9.17) is 10.5 Å². The zero-order valence-corrected chi connectivity index (χ0v) is 11.8. The maximum Gasteiger partial charge on any atom is 0.411 e. The molecular formula is C12H15BrF3NO2. The van der Waals surface area contributed by atoms with Crippen molar-refractivity contribution in [1.82, 2.24) is 0 Å². The highest BCUT2D eigenvalue weighted by molar-refractivity contribution is 9.10. The van der Waals surface area contributed by atoms with Crippen LogP contribution in [0.1, 0.15) is 5.56 Å². The van der Waals surface area contributed by atoms with Crippen LogP contribution in [-0.2, 0) is 11.2 Å². The van der Waals surface area contributed by atoms with Crippen molar-refractivity contribution < 1.29 is 22.6 Å². The average Bonchev–Trinajstić information content (AvgIpc) is 2.30. The molecule has 2 N–H and O–H groups in total. The van der Waals surface area contributed by atoms with Crippen LogP contribution < -0.4 is 10.5 Å². The molecule has 19 heavy (non-hydrogen) atoms. The van der Waals surface area contributed by atoms with Crippen molar-refractivity contribution in [3.8, 4) is 5.75 Å². The van der Waals surface area contributed by atoms with Gasteiger partial charge >= 0.3 is 6.18 Å². The van der Waals surface area contributed by atoms with E-state index in [-0.39, 0.29) is 13.2 Å². The Balaban J connectivity index is 2.40. The number of alkyl halides is 3. The van der Waals surface area contributed by atoms with Gasteiger partial charge in [-0.2, -0.15) is 13.2 Å². The van der Waals surface area contributed by atoms with E-state index in [1.165, 1.54) is 0 Å². The van der Waals surface area contributed by atoms with E-state index in [0.717, 1.165) is 10.0 Å². The molecule has 1 aromatic rings. The van der Waals surface area contributed by atoms with Gasteiger partial charge < -0.3 is 15.2 Å². The maximum absolute atomic E-state index is 11.8. The molecule has 0 heterocycles. The Morgan fingerprint density at radius 2 is 1.95 bits per heavy atom. The van der Waals surface area contributed by atoms with Gasteiger partial charge in [0.2, 0.25) is 0 Å². The lowest BCUT2D eigenvalue weighted by atomic mass is 10.1. The highest BCUT2D eigenvalue weighted by atomic mass is 79.9. The average molecular weight is 342 g/mol. The summed E-state index contributed by atoms with van der Waals surface area (Å²) in [5, 5.41) is 0. The molecule has 7 heteroatoms. The number of benzene rings is 1. The van der Waals surface area contributed by atoms with Crippen molar-refractivity contribution >= 4 is 15.9 Å². The molecule has 1 aromatic carbocycles. The van der Waals surface area contributed by atoms with Gasteiger partial charge in [-0.3, -0.25) is 0 Å². The minimum atomic E-state index is -4.30. The first-order valence-corrected chi connectivity index (χ1v) is 6.47. The van der Waals surface area contributed by atoms with Crippen LogP contribution in [-0.4, -0.2) is 32.5 Å². The van der Waals surface area contributed by atoms with Crippen LogP contribution in [0.5, 0.6) is 5.75 Å². The summed E-state index contributed by atoms with van der Waals surface area (Å²) in [7, 11) is 0. The van der Waals surface area contributed by atoms with E-state index in [1.54, 1.807) is 12.1 Å². The largest absolute Gasteiger partial charge is 0.491 e. The minimum absolute atomic E-state index is 0.0648. The first kappa shape index (κ1) is 16.3. The van der Waals surface area contributed by atoms with E-state index >= 15 is 0 Å². The Hall–Kier alpha value is -0.790. The molecule has 0 saturated heterocycles. The number of hydrogen-bond donors (Lipinski definition) is 1. The normalized spacial score (nSPS) is 11.6. The minimum Gasteiger partial charge on any atom is -0.491 e. The molecule has 0 aliphatic carbocycles. The van der Waals surface area contributed by atoms with Gasteiger partial charge in [-0.25, -0.2) is 0 Å². The van der Waals surface area contributed by atoms with E-state index in [0.29, 0.717) is 18.7 Å². The van der Waals surface area contributed by atoms with Gasteiger partial charge in [0.05, 0.1) is 6.61 Å². The Labute approximate surface area is 118 Å². The van der Waals surface area contributed by atoms with Crippen molar-refractivity contribution in [2.75, 3.05) is 26.4 Å². The summed E-state index contributed by atoms with van der Waals surface area (Å²) in [6, 6.07) is 5.42. The van der Waals surface area contributed by atoms with Crippen LogP contribution in [0.15, 0.2) is 22.7 Å². The molecule has 0 atom stereocenters. The lowest BCUT2D eigenvalue weighted by Gasteiger charge is -2.12. The summed E-state index contributed by atoms with van der Waals surface area (Å²) in [5.74, 6) is 0.615. The van der Waals surface area contributed by atoms with Crippen molar-refractivity contribution in [3.63, 3.8) is 0 Å². The van der Waals surface area contributed by atoms with Crippen LogP contribution in [0.3, 0.4) is 0 Å². The molecule has 1 rings (SSSR count). The molecular weight excluding hydrogens is 327 g/mol. The summed E-state index contributed by atoms with van der Waals surface area (Å²) in [6.45, 7) is -0.837. The molecule has 3 nitrogen and oxygen atoms in total. The summed E-state index contributed by atoms with van der Waals surface area (Å²) in [5.41, 5.74) is 6.39. The number of rotatable bonds is 7. The van der Waals surface area contributed by atoms with Crippen molar-refractivity contribution in [2.24, 2.45) is 5.73 Å². The topological polar surface area (TPSA) is 44.5 Å². The number of hydrogen-bond acceptors (Lipinski definition) is 3. The fourth-order valence-electron chi connectivity index (χ4n) is 1.44. The molecule has 0 spiro atoms. The van der Waals surface area contributed by atoms with Crippen LogP contribution >= 0.6 is 15.9 Å². The highest BCUT2D eigenvalue weighted by Crippen LogP contribution is 2.23.